The molecule has 0 aromatic carbocycles. The molecule has 1 aliphatic heterocycles. The summed E-state index contributed by atoms with van der Waals surface area (Å²) >= 11 is 0. The molecule has 3 heterocycles. The number of hydrogen-bond donors (Lipinski definition) is 2. The number of nitrogens with two attached hydrogens (primary N) is 1. The van der Waals surface area contributed by atoms with Crippen molar-refractivity contribution >= 4 is 17.2 Å². The van der Waals surface area contributed by atoms with Crippen LogP contribution in [0.1, 0.15) is 18.3 Å². The van der Waals surface area contributed by atoms with E-state index >= 15 is 0 Å². The summed E-state index contributed by atoms with van der Waals surface area (Å²) in [6.07, 6.45) is 0.831. The Morgan fingerprint density at radius 2 is 2.11 bits per heavy atom. The van der Waals surface area contributed by atoms with Gasteiger partial charge in [0.1, 0.15) is 11.5 Å². The van der Waals surface area contributed by atoms with Crippen molar-refractivity contribution in [2.24, 2.45) is 0 Å². The summed E-state index contributed by atoms with van der Waals surface area (Å²) in [6, 6.07) is 2.09. The van der Waals surface area contributed by atoms with E-state index in [1.807, 2.05) is 11.4 Å². The fraction of sp³-hybridized carbons (Fsp3) is 0.538. The van der Waals surface area contributed by atoms with Crippen LogP contribution in [0.25, 0.3) is 5.65 Å². The molecule has 0 unspecified atom stereocenters. The molecule has 6 nitrogen and oxygen atoms in total. The topological polar surface area (TPSA) is 71.5 Å². The van der Waals surface area contributed by atoms with E-state index in [-0.39, 0.29) is 0 Å². The Hall–Kier alpha value is -1.82. The highest BCUT2D eigenvalue weighted by Crippen LogP contribution is 2.22. The standard InChI is InChI=1S/C13H20N6/c1-3-10-12(14)13-16-11(8-9(2)19(13)17-10)18-6-4-15-5-7-18/h8,15H,3-7,14H2,1-2H3. The van der Waals surface area contributed by atoms with Gasteiger partial charge in [0, 0.05) is 37.9 Å². The van der Waals surface area contributed by atoms with Gasteiger partial charge in [-0.2, -0.15) is 5.10 Å². The summed E-state index contributed by atoms with van der Waals surface area (Å²) in [6.45, 7) is 8.08. The van der Waals surface area contributed by atoms with Crippen molar-refractivity contribution in [1.82, 2.24) is 19.9 Å². The van der Waals surface area contributed by atoms with E-state index in [1.54, 1.807) is 0 Å². The number of rotatable bonds is 2. The number of hydrogen-bond acceptors (Lipinski definition) is 5. The lowest BCUT2D eigenvalue weighted by molar-refractivity contribution is 0.584. The van der Waals surface area contributed by atoms with E-state index in [0.717, 1.165) is 55.5 Å². The van der Waals surface area contributed by atoms with Crippen LogP contribution in [0, 0.1) is 6.92 Å². The van der Waals surface area contributed by atoms with Gasteiger partial charge >= 0.3 is 0 Å². The van der Waals surface area contributed by atoms with Crippen LogP contribution in [-0.4, -0.2) is 40.8 Å². The number of nitrogens with zero attached hydrogens (tertiary/aromatic N) is 4. The third-order valence-corrected chi connectivity index (χ3v) is 3.64. The molecule has 1 saturated heterocycles. The molecule has 0 atom stereocenters. The zero-order valence-electron chi connectivity index (χ0n) is 11.5. The highest BCUT2D eigenvalue weighted by Gasteiger charge is 2.16. The molecule has 2 aromatic rings. The Balaban J connectivity index is 2.09. The SMILES string of the molecule is CCc1nn2c(C)cc(N3CCNCC3)nc2c1N. The fourth-order valence-electron chi connectivity index (χ4n) is 2.52. The second kappa shape index (κ2) is 4.70. The van der Waals surface area contributed by atoms with Gasteiger partial charge in [-0.3, -0.25) is 0 Å². The molecule has 3 rings (SSSR count). The Bertz CT molecular complexity index is 597. The molecule has 0 amide bonds. The normalized spacial score (nSPS) is 16.2. The number of nitrogen functional groups attached to an aromatic ring is 1. The molecule has 1 fully saturated rings. The number of aromatic nitrogens is 3. The van der Waals surface area contributed by atoms with E-state index in [9.17, 15) is 0 Å². The first-order chi connectivity index (χ1) is 9.20. The minimum atomic E-state index is 0.711. The third kappa shape index (κ3) is 2.02. The monoisotopic (exact) mass is 260 g/mol. The number of anilines is 2. The molecule has 0 aliphatic carbocycles. The predicted molar refractivity (Wildman–Crippen MR) is 76.6 cm³/mol. The number of fused-ring (bicyclic) bond motifs is 1. The van der Waals surface area contributed by atoms with Crippen molar-refractivity contribution < 1.29 is 0 Å². The van der Waals surface area contributed by atoms with Crippen molar-refractivity contribution in [3.8, 4) is 0 Å². The Kier molecular flexibility index (Phi) is 3.02. The molecule has 19 heavy (non-hydrogen) atoms. The smallest absolute Gasteiger partial charge is 0.180 e. The Morgan fingerprint density at radius 1 is 1.37 bits per heavy atom. The highest BCUT2D eigenvalue weighted by molar-refractivity contribution is 5.70. The summed E-state index contributed by atoms with van der Waals surface area (Å²) in [4.78, 5) is 6.99. The molecule has 0 radical (unpaired) electrons. The Morgan fingerprint density at radius 3 is 2.79 bits per heavy atom. The maximum atomic E-state index is 6.14. The van der Waals surface area contributed by atoms with Gasteiger partial charge in [-0.15, -0.1) is 0 Å². The minimum absolute atomic E-state index is 0.711. The summed E-state index contributed by atoms with van der Waals surface area (Å²) in [5.41, 5.74) is 9.63. The lowest BCUT2D eigenvalue weighted by Gasteiger charge is -2.28. The van der Waals surface area contributed by atoms with Gasteiger partial charge in [0.05, 0.1) is 5.69 Å². The van der Waals surface area contributed by atoms with Crippen LogP contribution in [0.5, 0.6) is 0 Å². The van der Waals surface area contributed by atoms with E-state index < -0.39 is 0 Å². The second-order valence-corrected chi connectivity index (χ2v) is 4.94. The average molecular weight is 260 g/mol. The molecule has 0 bridgehead atoms. The van der Waals surface area contributed by atoms with Crippen molar-refractivity contribution in [3.63, 3.8) is 0 Å². The summed E-state index contributed by atoms with van der Waals surface area (Å²) in [5, 5.41) is 7.86. The lowest BCUT2D eigenvalue weighted by atomic mass is 10.3. The second-order valence-electron chi connectivity index (χ2n) is 4.94. The van der Waals surface area contributed by atoms with Crippen LogP contribution >= 0.6 is 0 Å². The first-order valence-electron chi connectivity index (χ1n) is 6.81. The Labute approximate surface area is 112 Å². The zero-order valence-corrected chi connectivity index (χ0v) is 11.5. The van der Waals surface area contributed by atoms with Crippen LogP contribution in [0.15, 0.2) is 6.07 Å². The lowest BCUT2D eigenvalue weighted by Crippen LogP contribution is -2.44. The van der Waals surface area contributed by atoms with E-state index in [0.29, 0.717) is 5.69 Å². The van der Waals surface area contributed by atoms with Crippen LogP contribution in [0.2, 0.25) is 0 Å². The van der Waals surface area contributed by atoms with Crippen LogP contribution in [0.3, 0.4) is 0 Å². The molecule has 1 aliphatic rings. The first-order valence-corrected chi connectivity index (χ1v) is 6.81. The highest BCUT2D eigenvalue weighted by atomic mass is 15.3. The molecule has 3 N–H and O–H groups in total. The molecule has 6 heteroatoms. The predicted octanol–water partition coefficient (Wildman–Crippen LogP) is 0.592. The summed E-state index contributed by atoms with van der Waals surface area (Å²) < 4.78 is 1.85. The molecular formula is C13H20N6. The van der Waals surface area contributed by atoms with E-state index in [4.69, 9.17) is 10.7 Å². The van der Waals surface area contributed by atoms with Crippen LogP contribution in [-0.2, 0) is 6.42 Å². The first kappa shape index (κ1) is 12.2. The minimum Gasteiger partial charge on any atom is -0.394 e. The molecule has 102 valence electrons. The fourth-order valence-corrected chi connectivity index (χ4v) is 2.52. The van der Waals surface area contributed by atoms with Crippen molar-refractivity contribution in [2.45, 2.75) is 20.3 Å². The third-order valence-electron chi connectivity index (χ3n) is 3.64. The van der Waals surface area contributed by atoms with Gasteiger partial charge < -0.3 is 16.0 Å². The molecule has 2 aromatic heterocycles. The quantitative estimate of drug-likeness (QED) is 0.827. The molecule has 0 saturated carbocycles. The number of piperazine rings is 1. The van der Waals surface area contributed by atoms with Crippen molar-refractivity contribution in [3.05, 3.63) is 17.5 Å². The number of aryl methyl sites for hydroxylation is 2. The van der Waals surface area contributed by atoms with Crippen molar-refractivity contribution in [1.29, 1.82) is 0 Å². The molecule has 0 spiro atoms. The van der Waals surface area contributed by atoms with Gasteiger partial charge in [-0.05, 0) is 13.3 Å². The van der Waals surface area contributed by atoms with Gasteiger partial charge in [0.25, 0.3) is 0 Å². The van der Waals surface area contributed by atoms with E-state index in [1.165, 1.54) is 0 Å². The van der Waals surface area contributed by atoms with Gasteiger partial charge in [-0.1, -0.05) is 6.92 Å². The maximum Gasteiger partial charge on any atom is 0.180 e. The molecular weight excluding hydrogens is 240 g/mol. The summed E-state index contributed by atoms with van der Waals surface area (Å²) in [7, 11) is 0. The van der Waals surface area contributed by atoms with Gasteiger partial charge in [-0.25, -0.2) is 9.50 Å². The average Bonchev–Trinajstić information content (AvgIpc) is 2.77. The van der Waals surface area contributed by atoms with Crippen LogP contribution in [0.4, 0.5) is 11.5 Å². The van der Waals surface area contributed by atoms with Gasteiger partial charge in [0.2, 0.25) is 0 Å². The van der Waals surface area contributed by atoms with E-state index in [2.05, 4.69) is 28.3 Å². The zero-order chi connectivity index (χ0) is 13.4. The van der Waals surface area contributed by atoms with Gasteiger partial charge in [0.15, 0.2) is 5.65 Å². The largest absolute Gasteiger partial charge is 0.394 e. The summed E-state index contributed by atoms with van der Waals surface area (Å²) in [5.74, 6) is 1.00. The van der Waals surface area contributed by atoms with Crippen LogP contribution < -0.4 is 16.0 Å². The van der Waals surface area contributed by atoms with Crippen molar-refractivity contribution in [2.75, 3.05) is 36.8 Å². The number of nitrogens with one attached hydrogen (secondary N) is 1. The maximum absolute atomic E-state index is 6.14.